The molecule has 1 atom stereocenters. The molecule has 7 heteroatoms. The van der Waals surface area contributed by atoms with E-state index in [0.717, 1.165) is 24.5 Å². The van der Waals surface area contributed by atoms with E-state index in [0.29, 0.717) is 24.0 Å². The van der Waals surface area contributed by atoms with Gasteiger partial charge < -0.3 is 20.7 Å². The number of unbranched alkanes of at least 4 members (excludes halogenated alkanes) is 3. The molecule has 3 N–H and O–H groups in total. The van der Waals surface area contributed by atoms with Crippen LogP contribution in [0.2, 0.25) is 0 Å². The van der Waals surface area contributed by atoms with Crippen LogP contribution in [0.5, 0.6) is 5.75 Å². The summed E-state index contributed by atoms with van der Waals surface area (Å²) in [6, 6.07) is 6.10. The van der Waals surface area contributed by atoms with Crippen molar-refractivity contribution in [3.05, 3.63) is 23.8 Å². The highest BCUT2D eigenvalue weighted by molar-refractivity contribution is 14.0. The second-order valence-corrected chi connectivity index (χ2v) is 6.81. The largest absolute Gasteiger partial charge is 0.495 e. The molecule has 0 aliphatic carbocycles. The standard InChI is InChI=1S/C21H36N4O2.HI/c1-6-8-9-10-11-16(3)24-21(22-7-2)23-15-18-12-13-20(27-5)19(14-18)25-17(4)26;/h12-14,16H,6-11,15H2,1-5H3,(H,25,26)(H2,22,23,24);1H. The van der Waals surface area contributed by atoms with Crippen molar-refractivity contribution in [1.29, 1.82) is 0 Å². The topological polar surface area (TPSA) is 74.8 Å². The molecule has 0 saturated heterocycles. The molecule has 0 bridgehead atoms. The lowest BCUT2D eigenvalue weighted by Gasteiger charge is -2.18. The van der Waals surface area contributed by atoms with Crippen molar-refractivity contribution in [1.82, 2.24) is 10.6 Å². The number of benzene rings is 1. The van der Waals surface area contributed by atoms with Crippen molar-refractivity contribution in [3.8, 4) is 5.75 Å². The molecular weight excluding hydrogens is 467 g/mol. The maximum Gasteiger partial charge on any atom is 0.221 e. The van der Waals surface area contributed by atoms with E-state index in [1.165, 1.54) is 32.6 Å². The number of hydrogen-bond donors (Lipinski definition) is 3. The number of rotatable bonds is 11. The van der Waals surface area contributed by atoms with Gasteiger partial charge in [0.2, 0.25) is 5.91 Å². The van der Waals surface area contributed by atoms with Gasteiger partial charge in [-0.1, -0.05) is 38.7 Å². The Morgan fingerprint density at radius 3 is 2.57 bits per heavy atom. The van der Waals surface area contributed by atoms with Crippen LogP contribution in [0.1, 0.15) is 65.4 Å². The molecule has 0 heterocycles. The van der Waals surface area contributed by atoms with Crippen LogP contribution < -0.4 is 20.7 Å². The predicted octanol–water partition coefficient (Wildman–Crippen LogP) is 4.69. The van der Waals surface area contributed by atoms with Crippen molar-refractivity contribution < 1.29 is 9.53 Å². The molecule has 0 aromatic heterocycles. The van der Waals surface area contributed by atoms with Crippen molar-refractivity contribution in [2.45, 2.75) is 72.4 Å². The highest BCUT2D eigenvalue weighted by Crippen LogP contribution is 2.25. The number of hydrogen-bond acceptors (Lipinski definition) is 3. The fraction of sp³-hybridized carbons (Fsp3) is 0.619. The van der Waals surface area contributed by atoms with Crippen LogP contribution in [0.15, 0.2) is 23.2 Å². The highest BCUT2D eigenvalue weighted by atomic mass is 127. The van der Waals surface area contributed by atoms with Gasteiger partial charge in [0.15, 0.2) is 5.96 Å². The lowest BCUT2D eigenvalue weighted by Crippen LogP contribution is -2.42. The summed E-state index contributed by atoms with van der Waals surface area (Å²) in [5, 5.41) is 9.58. The molecule has 1 amide bonds. The molecule has 0 spiro atoms. The lowest BCUT2D eigenvalue weighted by molar-refractivity contribution is -0.114. The fourth-order valence-electron chi connectivity index (χ4n) is 2.81. The minimum Gasteiger partial charge on any atom is -0.495 e. The number of guanidine groups is 1. The molecule has 28 heavy (non-hydrogen) atoms. The molecule has 6 nitrogen and oxygen atoms in total. The molecule has 0 fully saturated rings. The Morgan fingerprint density at radius 2 is 1.96 bits per heavy atom. The molecular formula is C21H37IN4O2. The summed E-state index contributed by atoms with van der Waals surface area (Å²) in [5.41, 5.74) is 1.67. The van der Waals surface area contributed by atoms with Gasteiger partial charge in [-0.05, 0) is 38.0 Å². The van der Waals surface area contributed by atoms with E-state index in [1.807, 2.05) is 18.2 Å². The van der Waals surface area contributed by atoms with E-state index < -0.39 is 0 Å². The third-order valence-electron chi connectivity index (χ3n) is 4.21. The van der Waals surface area contributed by atoms with Crippen molar-refractivity contribution >= 4 is 41.5 Å². The normalized spacial score (nSPS) is 12.0. The summed E-state index contributed by atoms with van der Waals surface area (Å²) in [6.45, 7) is 9.31. The number of ether oxygens (including phenoxy) is 1. The van der Waals surface area contributed by atoms with E-state index in [9.17, 15) is 4.79 Å². The van der Waals surface area contributed by atoms with Gasteiger partial charge in [0.1, 0.15) is 5.75 Å². The Balaban J connectivity index is 0.00000729. The molecule has 160 valence electrons. The van der Waals surface area contributed by atoms with Crippen LogP contribution in [-0.2, 0) is 11.3 Å². The van der Waals surface area contributed by atoms with Gasteiger partial charge in [0.25, 0.3) is 0 Å². The number of nitrogens with one attached hydrogen (secondary N) is 3. The van der Waals surface area contributed by atoms with Gasteiger partial charge >= 0.3 is 0 Å². The molecule has 0 aliphatic rings. The summed E-state index contributed by atoms with van der Waals surface area (Å²) in [4.78, 5) is 16.1. The number of aliphatic imine (C=N–C) groups is 1. The van der Waals surface area contributed by atoms with Crippen molar-refractivity contribution in [3.63, 3.8) is 0 Å². The van der Waals surface area contributed by atoms with E-state index in [4.69, 9.17) is 4.74 Å². The van der Waals surface area contributed by atoms with E-state index >= 15 is 0 Å². The molecule has 1 aromatic carbocycles. The summed E-state index contributed by atoms with van der Waals surface area (Å²) in [6.07, 6.45) is 6.22. The Labute approximate surface area is 187 Å². The molecule has 1 aromatic rings. The van der Waals surface area contributed by atoms with Gasteiger partial charge in [0, 0.05) is 19.5 Å². The number of carbonyl (C=O) groups is 1. The number of carbonyl (C=O) groups excluding carboxylic acids is 1. The second kappa shape index (κ2) is 15.4. The molecule has 0 aliphatic heterocycles. The first-order chi connectivity index (χ1) is 13.0. The number of anilines is 1. The second-order valence-electron chi connectivity index (χ2n) is 6.81. The predicted molar refractivity (Wildman–Crippen MR) is 129 cm³/mol. The zero-order valence-electron chi connectivity index (χ0n) is 17.9. The zero-order valence-corrected chi connectivity index (χ0v) is 20.3. The van der Waals surface area contributed by atoms with E-state index in [-0.39, 0.29) is 29.9 Å². The SMILES string of the molecule is CCCCCCC(C)NC(=NCc1ccc(OC)c(NC(C)=O)c1)NCC.I. The van der Waals surface area contributed by atoms with Gasteiger partial charge in [0.05, 0.1) is 19.3 Å². The first-order valence-electron chi connectivity index (χ1n) is 9.99. The average Bonchev–Trinajstić information content (AvgIpc) is 2.63. The molecule has 0 radical (unpaired) electrons. The maximum absolute atomic E-state index is 11.4. The van der Waals surface area contributed by atoms with Gasteiger partial charge in [-0.2, -0.15) is 0 Å². The maximum atomic E-state index is 11.4. The average molecular weight is 504 g/mol. The smallest absolute Gasteiger partial charge is 0.221 e. The summed E-state index contributed by atoms with van der Waals surface area (Å²) < 4.78 is 5.30. The van der Waals surface area contributed by atoms with Crippen LogP contribution in [0, 0.1) is 0 Å². The van der Waals surface area contributed by atoms with Gasteiger partial charge in [-0.15, -0.1) is 24.0 Å². The van der Waals surface area contributed by atoms with Crippen LogP contribution >= 0.6 is 24.0 Å². The number of amides is 1. The van der Waals surface area contributed by atoms with Crippen molar-refractivity contribution in [2.75, 3.05) is 19.0 Å². The highest BCUT2D eigenvalue weighted by Gasteiger charge is 2.08. The van der Waals surface area contributed by atoms with Crippen molar-refractivity contribution in [2.24, 2.45) is 4.99 Å². The Hall–Kier alpha value is -1.51. The minimum atomic E-state index is -0.124. The Kier molecular flexibility index (Phi) is 14.6. The third-order valence-corrected chi connectivity index (χ3v) is 4.21. The van der Waals surface area contributed by atoms with Crippen LogP contribution in [0.25, 0.3) is 0 Å². The zero-order chi connectivity index (χ0) is 20.1. The summed E-state index contributed by atoms with van der Waals surface area (Å²) >= 11 is 0. The third kappa shape index (κ3) is 10.7. The molecule has 1 unspecified atom stereocenters. The summed E-state index contributed by atoms with van der Waals surface area (Å²) in [5.74, 6) is 1.34. The van der Waals surface area contributed by atoms with Crippen LogP contribution in [0.3, 0.4) is 0 Å². The molecule has 0 saturated carbocycles. The first-order valence-corrected chi connectivity index (χ1v) is 9.99. The Bertz CT molecular complexity index is 608. The summed E-state index contributed by atoms with van der Waals surface area (Å²) in [7, 11) is 1.59. The van der Waals surface area contributed by atoms with E-state index in [2.05, 4.69) is 41.7 Å². The monoisotopic (exact) mass is 504 g/mol. The first kappa shape index (κ1) is 26.5. The number of nitrogens with zero attached hydrogens (tertiary/aromatic N) is 1. The minimum absolute atomic E-state index is 0. The van der Waals surface area contributed by atoms with Gasteiger partial charge in [-0.3, -0.25) is 4.79 Å². The van der Waals surface area contributed by atoms with Crippen LogP contribution in [-0.4, -0.2) is 31.6 Å². The molecule has 1 rings (SSSR count). The fourth-order valence-corrected chi connectivity index (χ4v) is 2.81. The number of halogens is 1. The van der Waals surface area contributed by atoms with E-state index in [1.54, 1.807) is 7.11 Å². The number of methoxy groups -OCH3 is 1. The Morgan fingerprint density at radius 1 is 1.21 bits per heavy atom. The van der Waals surface area contributed by atoms with Gasteiger partial charge in [-0.25, -0.2) is 4.99 Å². The lowest BCUT2D eigenvalue weighted by atomic mass is 10.1. The van der Waals surface area contributed by atoms with Crippen LogP contribution in [0.4, 0.5) is 5.69 Å². The quantitative estimate of drug-likeness (QED) is 0.177.